The Hall–Kier alpha value is -3.55. The number of halogens is 2. The van der Waals surface area contributed by atoms with E-state index in [-0.39, 0.29) is 18.3 Å². The Morgan fingerprint density at radius 3 is 2.64 bits per heavy atom. The third-order valence-electron chi connectivity index (χ3n) is 4.69. The van der Waals surface area contributed by atoms with Gasteiger partial charge in [-0.2, -0.15) is 0 Å². The second-order valence-electron chi connectivity index (χ2n) is 7.10. The molecule has 9 heteroatoms. The van der Waals surface area contributed by atoms with Gasteiger partial charge in [-0.25, -0.2) is 4.98 Å². The molecule has 1 amide bonds. The molecule has 33 heavy (non-hydrogen) atoms. The van der Waals surface area contributed by atoms with Crippen LogP contribution in [-0.2, 0) is 16.0 Å². The van der Waals surface area contributed by atoms with E-state index in [0.29, 0.717) is 39.7 Å². The fourth-order valence-corrected chi connectivity index (χ4v) is 3.59. The van der Waals surface area contributed by atoms with Crippen molar-refractivity contribution in [3.63, 3.8) is 0 Å². The summed E-state index contributed by atoms with van der Waals surface area (Å²) in [6.45, 7) is 2.08. The lowest BCUT2D eigenvalue weighted by Gasteiger charge is -2.09. The molecule has 0 bridgehead atoms. The number of aromatic nitrogens is 2. The maximum Gasteiger partial charge on any atom is 0.310 e. The summed E-state index contributed by atoms with van der Waals surface area (Å²) in [5.41, 5.74) is 2.44. The van der Waals surface area contributed by atoms with E-state index in [4.69, 9.17) is 32.7 Å². The van der Waals surface area contributed by atoms with Gasteiger partial charge in [-0.15, -0.1) is 0 Å². The van der Waals surface area contributed by atoms with Crippen molar-refractivity contribution < 1.29 is 19.1 Å². The third kappa shape index (κ3) is 5.63. The Morgan fingerprint density at radius 1 is 1.06 bits per heavy atom. The first-order valence-corrected chi connectivity index (χ1v) is 10.8. The lowest BCUT2D eigenvalue weighted by Crippen LogP contribution is -2.12. The van der Waals surface area contributed by atoms with E-state index in [1.165, 1.54) is 6.20 Å². The number of carbonyl (C=O) groups is 2. The highest BCUT2D eigenvalue weighted by Crippen LogP contribution is 2.30. The van der Waals surface area contributed by atoms with Crippen LogP contribution in [0.5, 0.6) is 11.6 Å². The van der Waals surface area contributed by atoms with Crippen LogP contribution in [0.15, 0.2) is 60.8 Å². The molecular weight excluding hydrogens is 465 g/mol. The number of ether oxygens (including phenoxy) is 2. The number of nitrogens with zero attached hydrogens (tertiary/aromatic N) is 1. The molecule has 0 aliphatic carbocycles. The zero-order chi connectivity index (χ0) is 23.4. The van der Waals surface area contributed by atoms with Crippen LogP contribution in [0, 0.1) is 0 Å². The van der Waals surface area contributed by atoms with Crippen molar-refractivity contribution in [1.82, 2.24) is 9.97 Å². The number of rotatable bonds is 7. The van der Waals surface area contributed by atoms with Crippen molar-refractivity contribution >= 4 is 51.7 Å². The first kappa shape index (κ1) is 22.6. The van der Waals surface area contributed by atoms with Crippen molar-refractivity contribution in [3.8, 4) is 11.6 Å². The topological polar surface area (TPSA) is 93.3 Å². The number of fused-ring (bicyclic) bond motifs is 1. The quantitative estimate of drug-likeness (QED) is 0.313. The van der Waals surface area contributed by atoms with E-state index in [9.17, 15) is 9.59 Å². The normalized spacial score (nSPS) is 10.8. The maximum atomic E-state index is 12.6. The minimum Gasteiger partial charge on any atom is -0.466 e. The number of amides is 1. The molecule has 4 aromatic rings. The van der Waals surface area contributed by atoms with Gasteiger partial charge < -0.3 is 19.8 Å². The standard InChI is InChI=1S/C24H19Cl2N3O4/c1-2-32-23(30)10-14-3-7-21(18(26)9-14)33-22-8-5-17(13-27-22)28-24(31)20-12-15-11-16(25)4-6-19(15)29-20/h3-9,11-13,29H,2,10H2,1H3,(H,28,31). The van der Waals surface area contributed by atoms with Crippen LogP contribution in [0.25, 0.3) is 10.9 Å². The average molecular weight is 484 g/mol. The zero-order valence-corrected chi connectivity index (χ0v) is 19.0. The summed E-state index contributed by atoms with van der Waals surface area (Å²) in [6, 6.07) is 15.4. The zero-order valence-electron chi connectivity index (χ0n) is 17.5. The van der Waals surface area contributed by atoms with Crippen LogP contribution >= 0.6 is 23.2 Å². The van der Waals surface area contributed by atoms with E-state index in [0.717, 1.165) is 16.5 Å². The van der Waals surface area contributed by atoms with E-state index < -0.39 is 0 Å². The number of aromatic amines is 1. The summed E-state index contributed by atoms with van der Waals surface area (Å²) in [4.78, 5) is 31.4. The highest BCUT2D eigenvalue weighted by Gasteiger charge is 2.12. The van der Waals surface area contributed by atoms with Crippen molar-refractivity contribution in [1.29, 1.82) is 0 Å². The number of hydrogen-bond acceptors (Lipinski definition) is 5. The van der Waals surface area contributed by atoms with Crippen LogP contribution in [0.2, 0.25) is 10.0 Å². The van der Waals surface area contributed by atoms with E-state index in [1.807, 2.05) is 6.07 Å². The first-order valence-electron chi connectivity index (χ1n) is 10.1. The van der Waals surface area contributed by atoms with E-state index >= 15 is 0 Å². The number of pyridine rings is 1. The summed E-state index contributed by atoms with van der Waals surface area (Å²) in [5, 5.41) is 4.57. The van der Waals surface area contributed by atoms with Crippen molar-refractivity contribution in [3.05, 3.63) is 82.1 Å². The van der Waals surface area contributed by atoms with Crippen molar-refractivity contribution in [2.24, 2.45) is 0 Å². The molecule has 0 aliphatic rings. The van der Waals surface area contributed by atoms with Gasteiger partial charge in [0.05, 0.1) is 29.9 Å². The number of anilines is 1. The number of esters is 1. The van der Waals surface area contributed by atoms with Gasteiger partial charge in [0.1, 0.15) is 11.4 Å². The Morgan fingerprint density at radius 2 is 1.91 bits per heavy atom. The molecule has 0 fully saturated rings. The Labute approximate surface area is 199 Å². The van der Waals surface area contributed by atoms with Crippen LogP contribution in [-0.4, -0.2) is 28.5 Å². The Balaban J connectivity index is 1.39. The smallest absolute Gasteiger partial charge is 0.310 e. The molecule has 0 spiro atoms. The van der Waals surface area contributed by atoms with Crippen molar-refractivity contribution in [2.45, 2.75) is 13.3 Å². The van der Waals surface area contributed by atoms with Crippen LogP contribution in [0.3, 0.4) is 0 Å². The van der Waals surface area contributed by atoms with Gasteiger partial charge in [0, 0.05) is 22.0 Å². The molecule has 7 nitrogen and oxygen atoms in total. The molecule has 0 aliphatic heterocycles. The van der Waals surface area contributed by atoms with Gasteiger partial charge in [-0.1, -0.05) is 29.3 Å². The number of carbonyl (C=O) groups excluding carboxylic acids is 2. The van der Waals surface area contributed by atoms with Gasteiger partial charge in [0.15, 0.2) is 0 Å². The summed E-state index contributed by atoms with van der Waals surface area (Å²) in [6.07, 6.45) is 1.61. The molecule has 0 saturated carbocycles. The monoisotopic (exact) mass is 483 g/mol. The molecule has 0 atom stereocenters. The molecular formula is C24H19Cl2N3O4. The lowest BCUT2D eigenvalue weighted by molar-refractivity contribution is -0.142. The van der Waals surface area contributed by atoms with Gasteiger partial charge in [0.2, 0.25) is 5.88 Å². The summed E-state index contributed by atoms with van der Waals surface area (Å²) in [7, 11) is 0. The minimum absolute atomic E-state index is 0.129. The molecule has 0 unspecified atom stereocenters. The lowest BCUT2D eigenvalue weighted by atomic mass is 10.1. The van der Waals surface area contributed by atoms with Gasteiger partial charge in [-0.05, 0) is 55.0 Å². The van der Waals surface area contributed by atoms with Crippen molar-refractivity contribution in [2.75, 3.05) is 11.9 Å². The fourth-order valence-electron chi connectivity index (χ4n) is 3.17. The Bertz CT molecular complexity index is 1320. The number of benzene rings is 2. The van der Waals surface area contributed by atoms with Gasteiger partial charge >= 0.3 is 5.97 Å². The predicted octanol–water partition coefficient (Wildman–Crippen LogP) is 6.02. The summed E-state index contributed by atoms with van der Waals surface area (Å²) >= 11 is 12.3. The molecule has 2 N–H and O–H groups in total. The van der Waals surface area contributed by atoms with Gasteiger partial charge in [0.25, 0.3) is 5.91 Å². The summed E-state index contributed by atoms with van der Waals surface area (Å²) < 4.78 is 10.7. The molecule has 0 radical (unpaired) electrons. The van der Waals surface area contributed by atoms with Gasteiger partial charge in [-0.3, -0.25) is 9.59 Å². The number of hydrogen-bond donors (Lipinski definition) is 2. The van der Waals surface area contributed by atoms with Crippen LogP contribution in [0.4, 0.5) is 5.69 Å². The van der Waals surface area contributed by atoms with E-state index in [2.05, 4.69) is 15.3 Å². The molecule has 2 aromatic heterocycles. The number of H-pyrrole nitrogens is 1. The molecule has 168 valence electrons. The summed E-state index contributed by atoms with van der Waals surface area (Å²) in [5.74, 6) is 0.0643. The molecule has 4 rings (SSSR count). The Kier molecular flexibility index (Phi) is 6.82. The minimum atomic E-state index is -0.321. The molecule has 2 aromatic carbocycles. The third-order valence-corrected chi connectivity index (χ3v) is 5.22. The second-order valence-corrected chi connectivity index (χ2v) is 7.95. The SMILES string of the molecule is CCOC(=O)Cc1ccc(Oc2ccc(NC(=O)c3cc4cc(Cl)ccc4[nH]3)cn2)c(Cl)c1. The first-order chi connectivity index (χ1) is 15.9. The molecule has 2 heterocycles. The number of nitrogens with one attached hydrogen (secondary N) is 2. The highest BCUT2D eigenvalue weighted by atomic mass is 35.5. The predicted molar refractivity (Wildman–Crippen MR) is 127 cm³/mol. The highest BCUT2D eigenvalue weighted by molar-refractivity contribution is 6.32. The maximum absolute atomic E-state index is 12.6. The van der Waals surface area contributed by atoms with Crippen LogP contribution < -0.4 is 10.1 Å². The molecule has 0 saturated heterocycles. The fraction of sp³-hybridized carbons (Fsp3) is 0.125. The average Bonchev–Trinajstić information content (AvgIpc) is 3.20. The second kappa shape index (κ2) is 9.94. The largest absolute Gasteiger partial charge is 0.466 e. The van der Waals surface area contributed by atoms with Crippen LogP contribution in [0.1, 0.15) is 23.0 Å². The van der Waals surface area contributed by atoms with E-state index in [1.54, 1.807) is 55.5 Å².